The molecule has 6 heteroatoms. The van der Waals surface area contributed by atoms with Crippen LogP contribution in [-0.2, 0) is 11.3 Å². The van der Waals surface area contributed by atoms with E-state index in [9.17, 15) is 9.59 Å². The lowest BCUT2D eigenvalue weighted by Gasteiger charge is -2.40. The van der Waals surface area contributed by atoms with Crippen molar-refractivity contribution in [3.8, 4) is 0 Å². The maximum atomic E-state index is 12.8. The standard InChI is InChI=1S/C18H24N4O2/c23-17-4-3-15-16(22(17)13-14-5-8-19-9-6-14)7-12-21(15)18(24)20-10-1-2-11-20/h5-6,8-9,15-16H,1-4,7,10-13H2/t15-,16-/m1/s1. The zero-order chi connectivity index (χ0) is 16.5. The fourth-order valence-corrected chi connectivity index (χ4v) is 4.37. The van der Waals surface area contributed by atoms with Crippen LogP contribution in [0.3, 0.4) is 0 Å². The first-order valence-electron chi connectivity index (χ1n) is 8.98. The van der Waals surface area contributed by atoms with E-state index in [0.717, 1.165) is 50.9 Å². The monoisotopic (exact) mass is 328 g/mol. The topological polar surface area (TPSA) is 56.8 Å². The number of hydrogen-bond donors (Lipinski definition) is 0. The molecule has 0 bridgehead atoms. The molecule has 1 aromatic rings. The van der Waals surface area contributed by atoms with Crippen molar-refractivity contribution in [2.45, 2.75) is 50.7 Å². The van der Waals surface area contributed by atoms with E-state index in [4.69, 9.17) is 0 Å². The Morgan fingerprint density at radius 2 is 1.83 bits per heavy atom. The molecule has 0 aliphatic carbocycles. The van der Waals surface area contributed by atoms with Gasteiger partial charge in [-0.15, -0.1) is 0 Å². The van der Waals surface area contributed by atoms with E-state index in [1.165, 1.54) is 0 Å². The maximum absolute atomic E-state index is 12.8. The van der Waals surface area contributed by atoms with Gasteiger partial charge in [0, 0.05) is 45.0 Å². The second-order valence-electron chi connectivity index (χ2n) is 7.01. The van der Waals surface area contributed by atoms with E-state index in [1.807, 2.05) is 26.8 Å². The van der Waals surface area contributed by atoms with Crippen LogP contribution in [0.2, 0.25) is 0 Å². The molecule has 2 atom stereocenters. The predicted molar refractivity (Wildman–Crippen MR) is 89.1 cm³/mol. The fourth-order valence-electron chi connectivity index (χ4n) is 4.37. The minimum absolute atomic E-state index is 0.158. The minimum Gasteiger partial charge on any atom is -0.333 e. The molecule has 4 heterocycles. The van der Waals surface area contributed by atoms with Gasteiger partial charge in [0.25, 0.3) is 0 Å². The molecule has 0 saturated carbocycles. The summed E-state index contributed by atoms with van der Waals surface area (Å²) in [6, 6.07) is 4.43. The zero-order valence-electron chi connectivity index (χ0n) is 13.9. The number of urea groups is 1. The van der Waals surface area contributed by atoms with E-state index < -0.39 is 0 Å². The number of carbonyl (C=O) groups excluding carboxylic acids is 2. The Balaban J connectivity index is 1.49. The molecule has 0 N–H and O–H groups in total. The van der Waals surface area contributed by atoms with Crippen LogP contribution in [0.15, 0.2) is 24.5 Å². The number of fused-ring (bicyclic) bond motifs is 1. The summed E-state index contributed by atoms with van der Waals surface area (Å²) >= 11 is 0. The normalized spacial score (nSPS) is 26.8. The third-order valence-electron chi connectivity index (χ3n) is 5.61. The SMILES string of the molecule is O=C1CC[C@@H]2[C@@H](CCN2C(=O)N2CCCC2)N1Cc1ccncc1. The summed E-state index contributed by atoms with van der Waals surface area (Å²) in [7, 11) is 0. The van der Waals surface area contributed by atoms with Crippen molar-refractivity contribution in [1.82, 2.24) is 19.7 Å². The number of pyridine rings is 1. The van der Waals surface area contributed by atoms with Gasteiger partial charge < -0.3 is 14.7 Å². The van der Waals surface area contributed by atoms with Gasteiger partial charge >= 0.3 is 6.03 Å². The van der Waals surface area contributed by atoms with Crippen LogP contribution in [0.25, 0.3) is 0 Å². The van der Waals surface area contributed by atoms with E-state index in [1.54, 1.807) is 12.4 Å². The van der Waals surface area contributed by atoms with Crippen molar-refractivity contribution in [3.05, 3.63) is 30.1 Å². The molecule has 3 aliphatic heterocycles. The lowest BCUT2D eigenvalue weighted by atomic mass is 9.95. The first kappa shape index (κ1) is 15.4. The average Bonchev–Trinajstić information content (AvgIpc) is 3.27. The Hall–Kier alpha value is -2.11. The van der Waals surface area contributed by atoms with Crippen LogP contribution in [-0.4, -0.2) is 63.3 Å². The van der Waals surface area contributed by atoms with Crippen LogP contribution in [0, 0.1) is 0 Å². The van der Waals surface area contributed by atoms with E-state index in [2.05, 4.69) is 4.98 Å². The molecule has 3 amide bonds. The Kier molecular flexibility index (Phi) is 4.12. The van der Waals surface area contributed by atoms with Crippen LogP contribution in [0.1, 0.15) is 37.7 Å². The number of piperidine rings is 1. The number of carbonyl (C=O) groups is 2. The first-order valence-corrected chi connectivity index (χ1v) is 8.98. The maximum Gasteiger partial charge on any atom is 0.320 e. The number of likely N-dealkylation sites (tertiary alicyclic amines) is 3. The minimum atomic E-state index is 0.158. The number of hydrogen-bond acceptors (Lipinski definition) is 3. The summed E-state index contributed by atoms with van der Waals surface area (Å²) in [6.45, 7) is 3.15. The molecule has 0 spiro atoms. The van der Waals surface area contributed by atoms with Crippen molar-refractivity contribution in [3.63, 3.8) is 0 Å². The van der Waals surface area contributed by atoms with Gasteiger partial charge in [0.15, 0.2) is 0 Å². The highest BCUT2D eigenvalue weighted by Gasteiger charge is 2.45. The average molecular weight is 328 g/mol. The van der Waals surface area contributed by atoms with Crippen molar-refractivity contribution < 1.29 is 9.59 Å². The molecule has 24 heavy (non-hydrogen) atoms. The molecular formula is C18H24N4O2. The Bertz CT molecular complexity index is 615. The van der Waals surface area contributed by atoms with Gasteiger partial charge in [-0.1, -0.05) is 0 Å². The number of aromatic nitrogens is 1. The molecule has 6 nitrogen and oxygen atoms in total. The highest BCUT2D eigenvalue weighted by atomic mass is 16.2. The van der Waals surface area contributed by atoms with Crippen molar-refractivity contribution in [1.29, 1.82) is 0 Å². The third kappa shape index (κ3) is 2.74. The number of rotatable bonds is 2. The molecular weight excluding hydrogens is 304 g/mol. The van der Waals surface area contributed by atoms with Gasteiger partial charge in [-0.25, -0.2) is 4.79 Å². The van der Waals surface area contributed by atoms with Crippen LogP contribution >= 0.6 is 0 Å². The molecule has 3 saturated heterocycles. The zero-order valence-corrected chi connectivity index (χ0v) is 13.9. The van der Waals surface area contributed by atoms with Gasteiger partial charge in [0.05, 0.1) is 12.1 Å². The molecule has 0 radical (unpaired) electrons. The van der Waals surface area contributed by atoms with Gasteiger partial charge in [-0.05, 0) is 43.4 Å². The smallest absolute Gasteiger partial charge is 0.320 e. The first-order chi connectivity index (χ1) is 11.7. The Labute approximate surface area is 142 Å². The van der Waals surface area contributed by atoms with Crippen LogP contribution < -0.4 is 0 Å². The molecule has 4 rings (SSSR count). The molecule has 3 fully saturated rings. The summed E-state index contributed by atoms with van der Waals surface area (Å²) in [4.78, 5) is 35.3. The van der Waals surface area contributed by atoms with Gasteiger partial charge in [-0.2, -0.15) is 0 Å². The van der Waals surface area contributed by atoms with Crippen LogP contribution in [0.5, 0.6) is 0 Å². The quantitative estimate of drug-likeness (QED) is 0.833. The number of nitrogens with zero attached hydrogens (tertiary/aromatic N) is 4. The van der Waals surface area contributed by atoms with Gasteiger partial charge in [0.1, 0.15) is 0 Å². The van der Waals surface area contributed by atoms with E-state index in [-0.39, 0.29) is 24.0 Å². The third-order valence-corrected chi connectivity index (χ3v) is 5.61. The molecule has 0 aromatic carbocycles. The Morgan fingerprint density at radius 3 is 2.58 bits per heavy atom. The molecule has 3 aliphatic rings. The summed E-state index contributed by atoms with van der Waals surface area (Å²) in [5.41, 5.74) is 1.10. The number of amides is 3. The second-order valence-corrected chi connectivity index (χ2v) is 7.01. The molecule has 1 aromatic heterocycles. The van der Waals surface area contributed by atoms with Gasteiger partial charge in [0.2, 0.25) is 5.91 Å². The highest BCUT2D eigenvalue weighted by Crippen LogP contribution is 2.33. The van der Waals surface area contributed by atoms with Gasteiger partial charge in [-0.3, -0.25) is 9.78 Å². The lowest BCUT2D eigenvalue weighted by molar-refractivity contribution is -0.138. The summed E-state index contributed by atoms with van der Waals surface area (Å²) in [6.07, 6.45) is 7.98. The molecule has 128 valence electrons. The molecule has 0 unspecified atom stereocenters. The van der Waals surface area contributed by atoms with Crippen molar-refractivity contribution >= 4 is 11.9 Å². The van der Waals surface area contributed by atoms with Crippen molar-refractivity contribution in [2.75, 3.05) is 19.6 Å². The summed E-state index contributed by atoms with van der Waals surface area (Å²) < 4.78 is 0. The van der Waals surface area contributed by atoms with E-state index >= 15 is 0 Å². The fraction of sp³-hybridized carbons (Fsp3) is 0.611. The van der Waals surface area contributed by atoms with Crippen molar-refractivity contribution in [2.24, 2.45) is 0 Å². The summed E-state index contributed by atoms with van der Waals surface area (Å²) in [5.74, 6) is 0.212. The lowest BCUT2D eigenvalue weighted by Crippen LogP contribution is -2.54. The van der Waals surface area contributed by atoms with Crippen LogP contribution in [0.4, 0.5) is 4.79 Å². The second kappa shape index (κ2) is 6.42. The van der Waals surface area contributed by atoms with E-state index in [0.29, 0.717) is 13.0 Å². The highest BCUT2D eigenvalue weighted by molar-refractivity contribution is 5.80. The predicted octanol–water partition coefficient (Wildman–Crippen LogP) is 1.86. The largest absolute Gasteiger partial charge is 0.333 e. The summed E-state index contributed by atoms with van der Waals surface area (Å²) in [5, 5.41) is 0. The Morgan fingerprint density at radius 1 is 1.08 bits per heavy atom.